The predicted octanol–water partition coefficient (Wildman–Crippen LogP) is 2.42. The molecule has 0 unspecified atom stereocenters. The van der Waals surface area contributed by atoms with E-state index in [2.05, 4.69) is 0 Å². The maximum absolute atomic E-state index is 12.2. The third kappa shape index (κ3) is 2.88. The molecule has 1 amide bonds. The van der Waals surface area contributed by atoms with Crippen LogP contribution in [-0.4, -0.2) is 35.1 Å². The van der Waals surface area contributed by atoms with Gasteiger partial charge in [0.15, 0.2) is 0 Å². The first kappa shape index (κ1) is 15.1. The van der Waals surface area contributed by atoms with Crippen LogP contribution in [-0.2, 0) is 0 Å². The Morgan fingerprint density at radius 3 is 2.44 bits per heavy atom. The van der Waals surface area contributed by atoms with Crippen LogP contribution in [0.1, 0.15) is 24.2 Å². The van der Waals surface area contributed by atoms with E-state index in [-0.39, 0.29) is 28.2 Å². The number of nitrogen functional groups attached to an aromatic ring is 1. The first-order valence-electron chi connectivity index (χ1n) is 5.34. The third-order valence-electron chi connectivity index (χ3n) is 2.90. The molecule has 0 bridgehead atoms. The SMILES string of the molecule is CN(C(=O)c1cc(N)c(Cl)c(Cl)c1)C(C)(C)CO. The number of aliphatic hydroxyl groups excluding tert-OH is 1. The zero-order valence-corrected chi connectivity index (χ0v) is 12.0. The molecule has 4 nitrogen and oxygen atoms in total. The minimum Gasteiger partial charge on any atom is -0.397 e. The van der Waals surface area contributed by atoms with E-state index in [0.29, 0.717) is 5.56 Å². The molecule has 1 aromatic rings. The van der Waals surface area contributed by atoms with E-state index in [1.54, 1.807) is 20.9 Å². The summed E-state index contributed by atoms with van der Waals surface area (Å²) in [6.07, 6.45) is 0. The van der Waals surface area contributed by atoms with Gasteiger partial charge in [0.05, 0.1) is 27.9 Å². The number of amides is 1. The van der Waals surface area contributed by atoms with Gasteiger partial charge in [0.25, 0.3) is 5.91 Å². The molecule has 0 heterocycles. The van der Waals surface area contributed by atoms with E-state index in [4.69, 9.17) is 28.9 Å². The van der Waals surface area contributed by atoms with Crippen molar-refractivity contribution in [2.45, 2.75) is 19.4 Å². The lowest BCUT2D eigenvalue weighted by Gasteiger charge is -2.34. The van der Waals surface area contributed by atoms with Crippen LogP contribution in [0.2, 0.25) is 10.0 Å². The van der Waals surface area contributed by atoms with Gasteiger partial charge in [-0.1, -0.05) is 23.2 Å². The number of carbonyl (C=O) groups excluding carboxylic acids is 1. The van der Waals surface area contributed by atoms with E-state index < -0.39 is 5.54 Å². The fourth-order valence-corrected chi connectivity index (χ4v) is 1.64. The lowest BCUT2D eigenvalue weighted by molar-refractivity contribution is 0.0473. The Labute approximate surface area is 116 Å². The van der Waals surface area contributed by atoms with E-state index in [9.17, 15) is 9.90 Å². The molecule has 3 N–H and O–H groups in total. The molecule has 1 aromatic carbocycles. The summed E-state index contributed by atoms with van der Waals surface area (Å²) in [4.78, 5) is 13.7. The van der Waals surface area contributed by atoms with Gasteiger partial charge >= 0.3 is 0 Å². The highest BCUT2D eigenvalue weighted by molar-refractivity contribution is 6.43. The van der Waals surface area contributed by atoms with Gasteiger partial charge in [-0.15, -0.1) is 0 Å². The molecule has 0 saturated carbocycles. The normalized spacial score (nSPS) is 11.4. The fraction of sp³-hybridized carbons (Fsp3) is 0.417. The number of halogens is 2. The second-order valence-electron chi connectivity index (χ2n) is 4.70. The Balaban J connectivity index is 3.12. The van der Waals surface area contributed by atoms with Gasteiger partial charge in [-0.3, -0.25) is 4.79 Å². The average molecular weight is 291 g/mol. The van der Waals surface area contributed by atoms with Crippen molar-refractivity contribution in [3.05, 3.63) is 27.7 Å². The third-order valence-corrected chi connectivity index (χ3v) is 3.72. The number of nitrogens with two attached hydrogens (primary N) is 1. The van der Waals surface area contributed by atoms with Crippen LogP contribution < -0.4 is 5.73 Å². The summed E-state index contributed by atoms with van der Waals surface area (Å²) < 4.78 is 0. The molecule has 0 spiro atoms. The van der Waals surface area contributed by atoms with Gasteiger partial charge in [-0.25, -0.2) is 0 Å². The van der Waals surface area contributed by atoms with E-state index in [0.717, 1.165) is 0 Å². The molecule has 6 heteroatoms. The Bertz CT molecular complexity index is 452. The van der Waals surface area contributed by atoms with Crippen molar-refractivity contribution in [1.82, 2.24) is 4.90 Å². The molecule has 0 atom stereocenters. The molecule has 0 aliphatic rings. The fourth-order valence-electron chi connectivity index (χ4n) is 1.31. The first-order chi connectivity index (χ1) is 8.20. The van der Waals surface area contributed by atoms with Gasteiger partial charge < -0.3 is 15.7 Å². The number of likely N-dealkylation sites (N-methyl/N-ethyl adjacent to an activating group) is 1. The monoisotopic (exact) mass is 290 g/mol. The lowest BCUT2D eigenvalue weighted by Crippen LogP contribution is -2.47. The Morgan fingerprint density at radius 1 is 1.44 bits per heavy atom. The summed E-state index contributed by atoms with van der Waals surface area (Å²) in [6, 6.07) is 2.94. The Kier molecular flexibility index (Phi) is 4.48. The van der Waals surface area contributed by atoms with Crippen molar-refractivity contribution in [3.63, 3.8) is 0 Å². The van der Waals surface area contributed by atoms with Crippen LogP contribution in [0.15, 0.2) is 12.1 Å². The second kappa shape index (κ2) is 5.34. The van der Waals surface area contributed by atoms with Gasteiger partial charge in [0, 0.05) is 12.6 Å². The van der Waals surface area contributed by atoms with Gasteiger partial charge in [0.2, 0.25) is 0 Å². The number of rotatable bonds is 3. The molecule has 0 aliphatic carbocycles. The zero-order chi connectivity index (χ0) is 14.1. The van der Waals surface area contributed by atoms with Crippen molar-refractivity contribution < 1.29 is 9.90 Å². The summed E-state index contributed by atoms with van der Waals surface area (Å²) in [5.41, 5.74) is 5.59. The second-order valence-corrected chi connectivity index (χ2v) is 5.48. The van der Waals surface area contributed by atoms with E-state index in [1.165, 1.54) is 17.0 Å². The average Bonchev–Trinajstić information content (AvgIpc) is 2.33. The van der Waals surface area contributed by atoms with Gasteiger partial charge in [-0.2, -0.15) is 0 Å². The number of hydrogen-bond donors (Lipinski definition) is 2. The molecule has 0 fully saturated rings. The van der Waals surface area contributed by atoms with Gasteiger partial charge in [0.1, 0.15) is 0 Å². The van der Waals surface area contributed by atoms with Crippen LogP contribution in [0.25, 0.3) is 0 Å². The number of nitrogens with zero attached hydrogens (tertiary/aromatic N) is 1. The summed E-state index contributed by atoms with van der Waals surface area (Å²) >= 11 is 11.7. The van der Waals surface area contributed by atoms with Crippen molar-refractivity contribution in [2.24, 2.45) is 0 Å². The molecule has 0 aromatic heterocycles. The summed E-state index contributed by atoms with van der Waals surface area (Å²) in [7, 11) is 1.61. The Morgan fingerprint density at radius 2 is 2.00 bits per heavy atom. The maximum atomic E-state index is 12.2. The molecular formula is C12H16Cl2N2O2. The van der Waals surface area contributed by atoms with Crippen LogP contribution in [0, 0.1) is 0 Å². The quantitative estimate of drug-likeness (QED) is 0.840. The van der Waals surface area contributed by atoms with Crippen molar-refractivity contribution >= 4 is 34.8 Å². The van der Waals surface area contributed by atoms with Crippen LogP contribution in [0.4, 0.5) is 5.69 Å². The molecular weight excluding hydrogens is 275 g/mol. The lowest BCUT2D eigenvalue weighted by atomic mass is 10.0. The zero-order valence-electron chi connectivity index (χ0n) is 10.5. The molecule has 1 rings (SSSR count). The summed E-state index contributed by atoms with van der Waals surface area (Å²) in [6.45, 7) is 3.36. The van der Waals surface area contributed by atoms with E-state index >= 15 is 0 Å². The smallest absolute Gasteiger partial charge is 0.254 e. The summed E-state index contributed by atoms with van der Waals surface area (Å²) in [5.74, 6) is -0.278. The van der Waals surface area contributed by atoms with Crippen LogP contribution >= 0.6 is 23.2 Å². The number of benzene rings is 1. The highest BCUT2D eigenvalue weighted by atomic mass is 35.5. The van der Waals surface area contributed by atoms with Crippen molar-refractivity contribution in [1.29, 1.82) is 0 Å². The maximum Gasteiger partial charge on any atom is 0.254 e. The molecule has 0 radical (unpaired) electrons. The van der Waals surface area contributed by atoms with Crippen molar-refractivity contribution in [2.75, 3.05) is 19.4 Å². The number of anilines is 1. The molecule has 0 saturated heterocycles. The highest BCUT2D eigenvalue weighted by Crippen LogP contribution is 2.30. The standard InChI is InChI=1S/C12H16Cl2N2O2/c1-12(2,6-17)16(3)11(18)7-4-8(13)10(14)9(15)5-7/h4-5,17H,6,15H2,1-3H3. The topological polar surface area (TPSA) is 66.6 Å². The first-order valence-corrected chi connectivity index (χ1v) is 6.10. The Hall–Kier alpha value is -0.970. The predicted molar refractivity (Wildman–Crippen MR) is 74.1 cm³/mol. The highest BCUT2D eigenvalue weighted by Gasteiger charge is 2.28. The minimum absolute atomic E-state index is 0.147. The van der Waals surface area contributed by atoms with Crippen LogP contribution in [0.5, 0.6) is 0 Å². The summed E-state index contributed by atoms with van der Waals surface area (Å²) in [5, 5.41) is 9.71. The molecule has 100 valence electrons. The van der Waals surface area contributed by atoms with E-state index in [1.807, 2.05) is 0 Å². The largest absolute Gasteiger partial charge is 0.397 e. The van der Waals surface area contributed by atoms with Crippen molar-refractivity contribution in [3.8, 4) is 0 Å². The van der Waals surface area contributed by atoms with Crippen LogP contribution in [0.3, 0.4) is 0 Å². The number of aliphatic hydroxyl groups is 1. The molecule has 0 aliphatic heterocycles. The molecule has 18 heavy (non-hydrogen) atoms. The van der Waals surface area contributed by atoms with Gasteiger partial charge in [-0.05, 0) is 26.0 Å². The number of carbonyl (C=O) groups is 1. The number of hydrogen-bond acceptors (Lipinski definition) is 3. The minimum atomic E-state index is -0.669.